The lowest BCUT2D eigenvalue weighted by Crippen LogP contribution is -2.35. The third kappa shape index (κ3) is 2.89. The van der Waals surface area contributed by atoms with Crippen LogP contribution in [0.3, 0.4) is 0 Å². The normalized spacial score (nSPS) is 11.2. The standard InChI is InChI=1S/C9H7BrF2O3/c1-5-4-6(10)2-3-7(5)15-9(11,12)8(13)14/h2-4H,1H3,(H,13,14). The van der Waals surface area contributed by atoms with Crippen LogP contribution < -0.4 is 4.74 Å². The molecule has 1 N–H and O–H groups in total. The zero-order chi connectivity index (χ0) is 11.6. The van der Waals surface area contributed by atoms with E-state index in [-0.39, 0.29) is 5.75 Å². The molecule has 0 bridgehead atoms. The minimum atomic E-state index is -4.21. The van der Waals surface area contributed by atoms with Crippen LogP contribution in [0.2, 0.25) is 0 Å². The molecule has 1 rings (SSSR count). The van der Waals surface area contributed by atoms with Crippen molar-refractivity contribution in [2.45, 2.75) is 13.0 Å². The summed E-state index contributed by atoms with van der Waals surface area (Å²) in [6.45, 7) is 1.54. The second-order valence-electron chi connectivity index (χ2n) is 2.83. The summed E-state index contributed by atoms with van der Waals surface area (Å²) in [5, 5.41) is 8.16. The van der Waals surface area contributed by atoms with Crippen LogP contribution in [-0.4, -0.2) is 17.2 Å². The first-order chi connectivity index (χ1) is 6.83. The highest BCUT2D eigenvalue weighted by Crippen LogP contribution is 2.27. The zero-order valence-corrected chi connectivity index (χ0v) is 9.22. The number of aliphatic carboxylic acids is 1. The molecule has 0 unspecified atom stereocenters. The van der Waals surface area contributed by atoms with Crippen molar-refractivity contribution in [2.24, 2.45) is 0 Å². The molecule has 1 aromatic carbocycles. The van der Waals surface area contributed by atoms with E-state index in [1.54, 1.807) is 6.07 Å². The summed E-state index contributed by atoms with van der Waals surface area (Å²) >= 11 is 3.15. The monoisotopic (exact) mass is 280 g/mol. The average molecular weight is 281 g/mol. The van der Waals surface area contributed by atoms with E-state index in [1.807, 2.05) is 0 Å². The molecule has 0 aromatic heterocycles. The van der Waals surface area contributed by atoms with Gasteiger partial charge in [0.1, 0.15) is 5.75 Å². The van der Waals surface area contributed by atoms with E-state index in [0.717, 1.165) is 0 Å². The van der Waals surface area contributed by atoms with E-state index < -0.39 is 12.1 Å². The largest absolute Gasteiger partial charge is 0.501 e. The fourth-order valence-electron chi connectivity index (χ4n) is 0.909. The number of halogens is 3. The minimum Gasteiger partial charge on any atom is -0.474 e. The highest BCUT2D eigenvalue weighted by atomic mass is 79.9. The Labute approximate surface area is 92.8 Å². The fourth-order valence-corrected chi connectivity index (χ4v) is 1.38. The van der Waals surface area contributed by atoms with Crippen LogP contribution in [0.4, 0.5) is 8.78 Å². The van der Waals surface area contributed by atoms with Crippen LogP contribution in [-0.2, 0) is 4.79 Å². The van der Waals surface area contributed by atoms with Crippen LogP contribution >= 0.6 is 15.9 Å². The topological polar surface area (TPSA) is 46.5 Å². The maximum absolute atomic E-state index is 12.7. The quantitative estimate of drug-likeness (QED) is 0.926. The van der Waals surface area contributed by atoms with Crippen molar-refractivity contribution in [3.8, 4) is 5.75 Å². The number of hydrogen-bond donors (Lipinski definition) is 1. The van der Waals surface area contributed by atoms with Gasteiger partial charge in [0, 0.05) is 4.47 Å². The van der Waals surface area contributed by atoms with Crippen molar-refractivity contribution < 1.29 is 23.4 Å². The number of aryl methyl sites for hydroxylation is 1. The molecule has 0 aliphatic rings. The summed E-state index contributed by atoms with van der Waals surface area (Å²) in [6.07, 6.45) is -4.21. The predicted molar refractivity (Wildman–Crippen MR) is 52.1 cm³/mol. The molecule has 0 saturated carbocycles. The van der Waals surface area contributed by atoms with Gasteiger partial charge in [0.25, 0.3) is 0 Å². The van der Waals surface area contributed by atoms with Gasteiger partial charge in [0.2, 0.25) is 0 Å². The Morgan fingerprint density at radius 1 is 1.53 bits per heavy atom. The molecule has 0 aliphatic carbocycles. The number of hydrogen-bond acceptors (Lipinski definition) is 2. The second kappa shape index (κ2) is 4.14. The molecule has 0 saturated heterocycles. The molecule has 0 amide bonds. The number of rotatable bonds is 3. The minimum absolute atomic E-state index is 0.161. The van der Waals surface area contributed by atoms with Gasteiger partial charge in [0.05, 0.1) is 0 Å². The molecule has 1 aromatic rings. The Kier molecular flexibility index (Phi) is 3.28. The van der Waals surface area contributed by atoms with Gasteiger partial charge < -0.3 is 9.84 Å². The lowest BCUT2D eigenvalue weighted by Gasteiger charge is -2.14. The number of carboxylic acids is 1. The Morgan fingerprint density at radius 2 is 2.13 bits per heavy atom. The summed E-state index contributed by atoms with van der Waals surface area (Å²) in [6, 6.07) is 4.31. The van der Waals surface area contributed by atoms with Gasteiger partial charge in [-0.25, -0.2) is 4.79 Å². The molecule has 0 aliphatic heterocycles. The first-order valence-corrected chi connectivity index (χ1v) is 4.68. The third-order valence-electron chi connectivity index (χ3n) is 1.62. The van der Waals surface area contributed by atoms with Crippen LogP contribution in [0, 0.1) is 6.92 Å². The maximum atomic E-state index is 12.7. The zero-order valence-electron chi connectivity index (χ0n) is 7.63. The van der Waals surface area contributed by atoms with Crippen molar-refractivity contribution in [2.75, 3.05) is 0 Å². The van der Waals surface area contributed by atoms with Crippen LogP contribution in [0.1, 0.15) is 5.56 Å². The second-order valence-corrected chi connectivity index (χ2v) is 3.75. The summed E-state index contributed by atoms with van der Waals surface area (Å²) in [5.74, 6) is -2.48. The summed E-state index contributed by atoms with van der Waals surface area (Å²) in [5.41, 5.74) is 0.422. The molecule has 0 atom stereocenters. The summed E-state index contributed by atoms with van der Waals surface area (Å²) in [7, 11) is 0. The molecular weight excluding hydrogens is 274 g/mol. The fraction of sp³-hybridized carbons (Fsp3) is 0.222. The Hall–Kier alpha value is -1.17. The van der Waals surface area contributed by atoms with Gasteiger partial charge in [-0.2, -0.15) is 8.78 Å². The average Bonchev–Trinajstić information content (AvgIpc) is 2.09. The van der Waals surface area contributed by atoms with E-state index in [4.69, 9.17) is 5.11 Å². The number of carbonyl (C=O) groups is 1. The first-order valence-electron chi connectivity index (χ1n) is 3.89. The summed E-state index contributed by atoms with van der Waals surface area (Å²) < 4.78 is 30.2. The number of benzene rings is 1. The SMILES string of the molecule is Cc1cc(Br)ccc1OC(F)(F)C(=O)O. The predicted octanol–water partition coefficient (Wildman–Crippen LogP) is 2.81. The lowest BCUT2D eigenvalue weighted by atomic mass is 10.2. The number of alkyl halides is 2. The van der Waals surface area contributed by atoms with Gasteiger partial charge in [-0.1, -0.05) is 15.9 Å². The third-order valence-corrected chi connectivity index (χ3v) is 2.12. The Morgan fingerprint density at radius 3 is 2.60 bits per heavy atom. The highest BCUT2D eigenvalue weighted by molar-refractivity contribution is 9.10. The molecule has 82 valence electrons. The maximum Gasteiger partial charge on any atom is 0.501 e. The first kappa shape index (κ1) is 11.9. The van der Waals surface area contributed by atoms with E-state index >= 15 is 0 Å². The Bertz CT molecular complexity index is 393. The molecule has 0 heterocycles. The molecule has 0 spiro atoms. The van der Waals surface area contributed by atoms with Gasteiger partial charge in [-0.3, -0.25) is 0 Å². The van der Waals surface area contributed by atoms with E-state index in [0.29, 0.717) is 10.0 Å². The lowest BCUT2D eigenvalue weighted by molar-refractivity contribution is -0.211. The van der Waals surface area contributed by atoms with Crippen molar-refractivity contribution in [3.05, 3.63) is 28.2 Å². The van der Waals surface area contributed by atoms with Crippen LogP contribution in [0.25, 0.3) is 0 Å². The summed E-state index contributed by atoms with van der Waals surface area (Å²) in [4.78, 5) is 10.1. The van der Waals surface area contributed by atoms with E-state index in [1.165, 1.54) is 19.1 Å². The molecule has 0 radical (unpaired) electrons. The molecule has 6 heteroatoms. The van der Waals surface area contributed by atoms with Crippen molar-refractivity contribution >= 4 is 21.9 Å². The van der Waals surface area contributed by atoms with E-state index in [2.05, 4.69) is 20.7 Å². The van der Waals surface area contributed by atoms with E-state index in [9.17, 15) is 13.6 Å². The van der Waals surface area contributed by atoms with Crippen LogP contribution in [0.15, 0.2) is 22.7 Å². The van der Waals surface area contributed by atoms with Crippen molar-refractivity contribution in [1.29, 1.82) is 0 Å². The molecule has 0 fully saturated rings. The Balaban J connectivity index is 2.95. The van der Waals surface area contributed by atoms with Gasteiger partial charge in [-0.05, 0) is 30.7 Å². The van der Waals surface area contributed by atoms with Crippen molar-refractivity contribution in [3.63, 3.8) is 0 Å². The van der Waals surface area contributed by atoms with Gasteiger partial charge in [-0.15, -0.1) is 0 Å². The smallest absolute Gasteiger partial charge is 0.474 e. The van der Waals surface area contributed by atoms with Crippen molar-refractivity contribution in [1.82, 2.24) is 0 Å². The molecule has 3 nitrogen and oxygen atoms in total. The number of ether oxygens (including phenoxy) is 1. The van der Waals surface area contributed by atoms with Gasteiger partial charge >= 0.3 is 12.1 Å². The molecular formula is C9H7BrF2O3. The van der Waals surface area contributed by atoms with Crippen LogP contribution in [0.5, 0.6) is 5.75 Å². The number of carboxylic acid groups (broad SMARTS) is 1. The van der Waals surface area contributed by atoms with Gasteiger partial charge in [0.15, 0.2) is 0 Å². The molecule has 15 heavy (non-hydrogen) atoms. The highest BCUT2D eigenvalue weighted by Gasteiger charge is 2.42.